The summed E-state index contributed by atoms with van der Waals surface area (Å²) >= 11 is 0. The average molecular weight is 1850 g/mol. The van der Waals surface area contributed by atoms with E-state index in [9.17, 15) is 4.57 Å². The van der Waals surface area contributed by atoms with Gasteiger partial charge in [0.1, 0.15) is 16.9 Å². The molecule has 12 nitrogen and oxygen atoms in total. The lowest BCUT2D eigenvalue weighted by atomic mass is 10.0. The van der Waals surface area contributed by atoms with Crippen molar-refractivity contribution in [1.29, 1.82) is 0 Å². The molecular formula is C130H84N11OP. The lowest BCUT2D eigenvalue weighted by Gasteiger charge is -2.27. The van der Waals surface area contributed by atoms with E-state index in [1.54, 1.807) is 0 Å². The van der Waals surface area contributed by atoms with Gasteiger partial charge in [-0.2, -0.15) is 0 Å². The van der Waals surface area contributed by atoms with Gasteiger partial charge in [0.2, 0.25) is 0 Å². The van der Waals surface area contributed by atoms with Gasteiger partial charge in [-0.05, 0) is 220 Å². The van der Waals surface area contributed by atoms with Crippen molar-refractivity contribution in [2.24, 2.45) is 0 Å². The van der Waals surface area contributed by atoms with Crippen LogP contribution in [0.2, 0.25) is 0 Å². The van der Waals surface area contributed by atoms with Gasteiger partial charge in [-0.1, -0.05) is 340 Å². The Morgan fingerprint density at radius 1 is 0.175 bits per heavy atom. The van der Waals surface area contributed by atoms with Gasteiger partial charge in [-0.3, -0.25) is 13.2 Å². The standard InChI is InChI=1S/C46H30N4.C44H28N4.C40H26N3OP/c1-3-11-31(12-4-1)33-19-23-36(24-20-33)49(37-25-21-34(22-26-37)32-13-5-2-6-14-32)38-27-28-43-39(30-38)45-40(29-35-15-7-8-16-41(35)47-45)46-48-42-17-9-10-18-44(42)50(43)46;1-2-14-33(15-3-1)47(40-20-10-13-30-11-4-6-16-35(30)40)34-24-21-29(22-25-34)31-23-26-41-36(27-31)43-37(28-32-12-5-7-17-38(32)45-43)44-46-39-18-8-9-19-42(39)48(41)44;44-45(30-12-3-1-4-13-30,31-14-5-2-6-15-31)32-22-19-27(20-23-32)28-21-24-37-33(25-28)39-34(26-29-11-7-8-16-35(29)41-39)40-42-36-17-9-10-18-38(36)43(37)40/h1-30H;1-28H;1-26H. The molecule has 0 fully saturated rings. The first kappa shape index (κ1) is 83.5. The first-order valence-corrected chi connectivity index (χ1v) is 49.9. The molecule has 29 aromatic rings. The van der Waals surface area contributed by atoms with Gasteiger partial charge < -0.3 is 14.4 Å². The van der Waals surface area contributed by atoms with Crippen molar-refractivity contribution in [2.75, 3.05) is 9.80 Å². The quantitative estimate of drug-likeness (QED) is 0.0632. The highest BCUT2D eigenvalue weighted by atomic mass is 31.2. The molecule has 0 saturated carbocycles. The molecule has 0 saturated heterocycles. The van der Waals surface area contributed by atoms with E-state index in [-0.39, 0.29) is 0 Å². The van der Waals surface area contributed by atoms with Crippen LogP contribution >= 0.6 is 7.14 Å². The molecule has 13 heteroatoms. The third kappa shape index (κ3) is 14.5. The lowest BCUT2D eigenvalue weighted by molar-refractivity contribution is 0.592. The predicted molar refractivity (Wildman–Crippen MR) is 597 cm³/mol. The molecule has 0 spiro atoms. The van der Waals surface area contributed by atoms with Gasteiger partial charge in [-0.25, -0.2) is 29.9 Å². The highest BCUT2D eigenvalue weighted by Crippen LogP contribution is 2.48. The zero-order chi connectivity index (χ0) is 94.6. The molecule has 0 aliphatic carbocycles. The molecule has 0 unspecified atom stereocenters. The zero-order valence-electron chi connectivity index (χ0n) is 77.3. The summed E-state index contributed by atoms with van der Waals surface area (Å²) in [6.45, 7) is 0. The van der Waals surface area contributed by atoms with Crippen LogP contribution in [0, 0.1) is 0 Å². The second kappa shape index (κ2) is 34.7. The molecule has 143 heavy (non-hydrogen) atoms. The molecule has 9 heterocycles. The van der Waals surface area contributed by atoms with Gasteiger partial charge in [0.05, 0.1) is 88.4 Å². The van der Waals surface area contributed by atoms with Gasteiger partial charge in [-0.15, -0.1) is 0 Å². The Bertz CT molecular complexity index is 10000. The maximum Gasteiger partial charge on any atom is 0.171 e. The minimum absolute atomic E-state index is 0.814. The number of fused-ring (bicyclic) bond motifs is 28. The highest BCUT2D eigenvalue weighted by molar-refractivity contribution is 7.85. The number of para-hydroxylation sites is 10. The fourth-order valence-corrected chi connectivity index (χ4v) is 23.8. The van der Waals surface area contributed by atoms with E-state index in [4.69, 9.17) is 29.9 Å². The molecule has 29 rings (SSSR count). The Kier molecular flexibility index (Phi) is 20.2. The van der Waals surface area contributed by atoms with Gasteiger partial charge in [0.15, 0.2) is 7.14 Å². The van der Waals surface area contributed by atoms with Crippen LogP contribution in [-0.2, 0) is 4.57 Å². The lowest BCUT2D eigenvalue weighted by Crippen LogP contribution is -2.24. The van der Waals surface area contributed by atoms with E-state index in [0.717, 1.165) is 220 Å². The molecule has 0 bridgehead atoms. The number of benzene rings is 20. The van der Waals surface area contributed by atoms with Crippen LogP contribution in [-0.4, -0.2) is 43.1 Å². The SMILES string of the molecule is O=P(c1ccccc1)(c1ccccc1)c1ccc(-c2ccc3c(c2)c2nc4ccccc4cc2c2nc4ccccc4n32)cc1.c1ccc(-c2ccc(N(c3ccc(-c4ccccc4)cc3)c3ccc4c(c3)c3nc5ccccc5cc3c3nc5ccccc5n43)cc2)cc1.c1ccc(N(c2ccc(-c3ccc4c(c3)c3nc5ccccc5cc3c3nc5ccccc5n43)cc2)c2cccc3ccccc23)cc1. The van der Waals surface area contributed by atoms with Crippen molar-refractivity contribution in [1.82, 2.24) is 43.1 Å². The summed E-state index contributed by atoms with van der Waals surface area (Å²) in [5.41, 5.74) is 33.7. The molecule has 670 valence electrons. The van der Waals surface area contributed by atoms with Crippen LogP contribution in [0.1, 0.15) is 0 Å². The van der Waals surface area contributed by atoms with E-state index < -0.39 is 7.14 Å². The van der Waals surface area contributed by atoms with E-state index in [2.05, 4.69) is 436 Å². The first-order valence-electron chi connectivity index (χ1n) is 48.2. The van der Waals surface area contributed by atoms with Crippen LogP contribution in [0.5, 0.6) is 0 Å². The van der Waals surface area contributed by atoms with Crippen LogP contribution in [0.15, 0.2) is 510 Å². The van der Waals surface area contributed by atoms with Crippen molar-refractivity contribution in [3.8, 4) is 44.5 Å². The maximum atomic E-state index is 14.9. The van der Waals surface area contributed by atoms with Crippen LogP contribution in [0.4, 0.5) is 34.1 Å². The van der Waals surface area contributed by atoms with E-state index in [0.29, 0.717) is 0 Å². The number of pyridine rings is 6. The third-order valence-electron chi connectivity index (χ3n) is 28.0. The highest BCUT2D eigenvalue weighted by Gasteiger charge is 2.31. The second-order valence-electron chi connectivity index (χ2n) is 36.4. The van der Waals surface area contributed by atoms with E-state index >= 15 is 0 Å². The van der Waals surface area contributed by atoms with Crippen molar-refractivity contribution in [3.05, 3.63) is 510 Å². The largest absolute Gasteiger partial charge is 0.310 e. The number of aromatic nitrogens is 9. The normalized spacial score (nSPS) is 11.8. The van der Waals surface area contributed by atoms with Crippen molar-refractivity contribution < 1.29 is 4.57 Å². The number of hydrogen-bond donors (Lipinski definition) is 0. The van der Waals surface area contributed by atoms with E-state index in [1.807, 2.05) is 97.1 Å². The summed E-state index contributed by atoms with van der Waals surface area (Å²) in [5, 5.41) is 14.6. The van der Waals surface area contributed by atoms with Crippen molar-refractivity contribution in [2.45, 2.75) is 0 Å². The Morgan fingerprint density at radius 3 is 0.881 bits per heavy atom. The van der Waals surface area contributed by atoms with Gasteiger partial charge in [0, 0.05) is 98.2 Å². The smallest absolute Gasteiger partial charge is 0.171 e. The summed E-state index contributed by atoms with van der Waals surface area (Å²) in [7, 11) is -3.05. The Balaban J connectivity index is 0.000000107. The summed E-state index contributed by atoms with van der Waals surface area (Å²) in [6, 6.07) is 178. The second-order valence-corrected chi connectivity index (χ2v) is 39.1. The van der Waals surface area contributed by atoms with Crippen molar-refractivity contribution >= 4 is 216 Å². The molecule has 0 amide bonds. The molecule has 0 aliphatic rings. The summed E-state index contributed by atoms with van der Waals surface area (Å²) < 4.78 is 21.7. The predicted octanol–water partition coefficient (Wildman–Crippen LogP) is 32.4. The van der Waals surface area contributed by atoms with E-state index in [1.165, 1.54) is 33.0 Å². The van der Waals surface area contributed by atoms with Crippen LogP contribution in [0.3, 0.4) is 0 Å². The molecule has 9 aromatic heterocycles. The number of rotatable bonds is 13. The van der Waals surface area contributed by atoms with Crippen LogP contribution < -0.4 is 25.7 Å². The zero-order valence-corrected chi connectivity index (χ0v) is 78.2. The third-order valence-corrected chi connectivity index (χ3v) is 31.1. The number of imidazole rings is 3. The van der Waals surface area contributed by atoms with Gasteiger partial charge >= 0.3 is 0 Å². The number of anilines is 6. The fraction of sp³-hybridized carbons (Fsp3) is 0. The topological polar surface area (TPSA) is 114 Å². The monoisotopic (exact) mass is 1850 g/mol. The summed E-state index contributed by atoms with van der Waals surface area (Å²) in [6.07, 6.45) is 0. The maximum absolute atomic E-state index is 14.9. The molecular weight excluding hydrogens is 1760 g/mol. The number of nitrogens with zero attached hydrogens (tertiary/aromatic N) is 11. The van der Waals surface area contributed by atoms with Crippen molar-refractivity contribution in [3.63, 3.8) is 0 Å². The molecule has 0 atom stereocenters. The Labute approximate surface area is 821 Å². The van der Waals surface area contributed by atoms with Crippen LogP contribution in [0.25, 0.3) is 203 Å². The fourth-order valence-electron chi connectivity index (χ4n) is 21.2. The summed E-state index contributed by atoms with van der Waals surface area (Å²) in [5.74, 6) is 0. The Hall–Kier alpha value is -18.9. The minimum Gasteiger partial charge on any atom is -0.310 e. The molecule has 0 aliphatic heterocycles. The molecule has 0 radical (unpaired) electrons. The molecule has 0 N–H and O–H groups in total. The minimum atomic E-state index is -3.05. The Morgan fingerprint density at radius 2 is 0.462 bits per heavy atom. The average Bonchev–Trinajstić information content (AvgIpc) is 1.60. The summed E-state index contributed by atoms with van der Waals surface area (Å²) in [4.78, 5) is 35.7. The van der Waals surface area contributed by atoms with Gasteiger partial charge in [0.25, 0.3) is 0 Å². The molecule has 20 aromatic carbocycles. The number of hydrogen-bond acceptors (Lipinski definition) is 9. The first-order chi connectivity index (χ1) is 70.8.